The van der Waals surface area contributed by atoms with Gasteiger partial charge in [0, 0.05) is 6.54 Å². The second-order valence-corrected chi connectivity index (χ2v) is 4.70. The molecule has 2 aromatic carbocycles. The summed E-state index contributed by atoms with van der Waals surface area (Å²) in [6.45, 7) is 1.30. The molecular weight excluding hydrogens is 266 g/mol. The molecule has 0 amide bonds. The summed E-state index contributed by atoms with van der Waals surface area (Å²) in [5, 5.41) is 12.4. The van der Waals surface area contributed by atoms with Crippen molar-refractivity contribution in [3.8, 4) is 5.75 Å². The molecule has 0 heterocycles. The van der Waals surface area contributed by atoms with Gasteiger partial charge in [-0.25, -0.2) is 4.79 Å². The Balaban J connectivity index is 1.89. The third kappa shape index (κ3) is 4.07. The smallest absolute Gasteiger partial charge is 0.336 e. The first-order chi connectivity index (χ1) is 10.2. The minimum Gasteiger partial charge on any atom is -0.496 e. The molecule has 0 saturated carbocycles. The summed E-state index contributed by atoms with van der Waals surface area (Å²) in [4.78, 5) is 11.1. The van der Waals surface area contributed by atoms with Crippen molar-refractivity contribution >= 4 is 5.97 Å². The Bertz CT molecular complexity index is 610. The molecule has 0 spiro atoms. The number of para-hydroxylation sites is 1. The first kappa shape index (κ1) is 15.1. The van der Waals surface area contributed by atoms with Crippen molar-refractivity contribution in [2.24, 2.45) is 0 Å². The van der Waals surface area contributed by atoms with Gasteiger partial charge < -0.3 is 15.2 Å². The summed E-state index contributed by atoms with van der Waals surface area (Å²) in [6, 6.07) is 14.9. The number of benzene rings is 2. The highest BCUT2D eigenvalue weighted by atomic mass is 16.5. The zero-order valence-corrected chi connectivity index (χ0v) is 12.0. The molecule has 2 N–H and O–H groups in total. The molecule has 0 aliphatic rings. The van der Waals surface area contributed by atoms with Gasteiger partial charge in [-0.3, -0.25) is 0 Å². The monoisotopic (exact) mass is 285 g/mol. The quantitative estimate of drug-likeness (QED) is 0.768. The second-order valence-electron chi connectivity index (χ2n) is 4.70. The van der Waals surface area contributed by atoms with Crippen LogP contribution in [0, 0.1) is 0 Å². The molecule has 2 aromatic rings. The largest absolute Gasteiger partial charge is 0.496 e. The van der Waals surface area contributed by atoms with Gasteiger partial charge in [0.25, 0.3) is 0 Å². The van der Waals surface area contributed by atoms with E-state index in [0.717, 1.165) is 29.8 Å². The van der Waals surface area contributed by atoms with Crippen molar-refractivity contribution in [3.63, 3.8) is 0 Å². The molecule has 0 bridgehead atoms. The van der Waals surface area contributed by atoms with Gasteiger partial charge in [0.2, 0.25) is 0 Å². The molecule has 0 aliphatic carbocycles. The van der Waals surface area contributed by atoms with E-state index < -0.39 is 5.97 Å². The second kappa shape index (κ2) is 7.45. The summed E-state index contributed by atoms with van der Waals surface area (Å²) in [5.41, 5.74) is 2.28. The van der Waals surface area contributed by atoms with Gasteiger partial charge in [0.05, 0.1) is 12.7 Å². The van der Waals surface area contributed by atoms with Gasteiger partial charge >= 0.3 is 5.97 Å². The van der Waals surface area contributed by atoms with Crippen molar-refractivity contribution in [2.75, 3.05) is 13.7 Å². The van der Waals surface area contributed by atoms with E-state index in [2.05, 4.69) is 5.32 Å². The van der Waals surface area contributed by atoms with Crippen LogP contribution < -0.4 is 10.1 Å². The summed E-state index contributed by atoms with van der Waals surface area (Å²) in [5.74, 6) is -0.0117. The van der Waals surface area contributed by atoms with Crippen molar-refractivity contribution in [1.82, 2.24) is 5.32 Å². The molecule has 0 radical (unpaired) electrons. The average Bonchev–Trinajstić information content (AvgIpc) is 2.52. The predicted octanol–water partition coefficient (Wildman–Crippen LogP) is 2.73. The van der Waals surface area contributed by atoms with Crippen LogP contribution in [-0.2, 0) is 13.0 Å². The van der Waals surface area contributed by atoms with Gasteiger partial charge in [0.1, 0.15) is 5.75 Å². The lowest BCUT2D eigenvalue weighted by Gasteiger charge is -2.10. The van der Waals surface area contributed by atoms with E-state index >= 15 is 0 Å². The van der Waals surface area contributed by atoms with Crippen LogP contribution in [0.5, 0.6) is 5.75 Å². The highest BCUT2D eigenvalue weighted by Gasteiger charge is 2.08. The molecular formula is C17H19NO3. The lowest BCUT2D eigenvalue weighted by atomic mass is 10.1. The highest BCUT2D eigenvalue weighted by molar-refractivity contribution is 5.89. The number of aromatic carboxylic acids is 1. The Hall–Kier alpha value is -2.33. The molecule has 0 fully saturated rings. The Morgan fingerprint density at radius 1 is 1.10 bits per heavy atom. The fourth-order valence-electron chi connectivity index (χ4n) is 2.24. The fraction of sp³-hybridized carbons (Fsp3) is 0.235. The van der Waals surface area contributed by atoms with E-state index in [9.17, 15) is 4.79 Å². The SMILES string of the molecule is COc1ccccc1CCNCc1ccccc1C(=O)O. The fourth-order valence-corrected chi connectivity index (χ4v) is 2.24. The van der Waals surface area contributed by atoms with Crippen molar-refractivity contribution in [2.45, 2.75) is 13.0 Å². The molecule has 4 nitrogen and oxygen atoms in total. The van der Waals surface area contributed by atoms with Crippen LogP contribution in [-0.4, -0.2) is 24.7 Å². The zero-order valence-electron chi connectivity index (χ0n) is 12.0. The molecule has 2 rings (SSSR count). The number of methoxy groups -OCH3 is 1. The molecule has 110 valence electrons. The molecule has 0 aliphatic heterocycles. The number of hydrogen-bond donors (Lipinski definition) is 2. The minimum atomic E-state index is -0.892. The van der Waals surface area contributed by atoms with E-state index in [1.54, 1.807) is 19.2 Å². The molecule has 0 unspecified atom stereocenters. The van der Waals surface area contributed by atoms with Crippen LogP contribution in [0.4, 0.5) is 0 Å². The first-order valence-corrected chi connectivity index (χ1v) is 6.86. The van der Waals surface area contributed by atoms with Crippen LogP contribution in [0.25, 0.3) is 0 Å². The van der Waals surface area contributed by atoms with E-state index in [4.69, 9.17) is 9.84 Å². The summed E-state index contributed by atoms with van der Waals surface area (Å²) >= 11 is 0. The van der Waals surface area contributed by atoms with Crippen molar-refractivity contribution in [1.29, 1.82) is 0 Å². The molecule has 21 heavy (non-hydrogen) atoms. The van der Waals surface area contributed by atoms with Crippen LogP contribution in [0.1, 0.15) is 21.5 Å². The normalized spacial score (nSPS) is 10.3. The number of nitrogens with one attached hydrogen (secondary N) is 1. The van der Waals surface area contributed by atoms with Gasteiger partial charge in [-0.1, -0.05) is 36.4 Å². The Morgan fingerprint density at radius 2 is 1.76 bits per heavy atom. The minimum absolute atomic E-state index is 0.349. The van der Waals surface area contributed by atoms with E-state index in [0.29, 0.717) is 12.1 Å². The maximum absolute atomic E-state index is 11.1. The molecule has 4 heteroatoms. The first-order valence-electron chi connectivity index (χ1n) is 6.86. The van der Waals surface area contributed by atoms with Gasteiger partial charge in [-0.15, -0.1) is 0 Å². The van der Waals surface area contributed by atoms with Crippen molar-refractivity contribution < 1.29 is 14.6 Å². The number of carbonyl (C=O) groups is 1. The topological polar surface area (TPSA) is 58.6 Å². The lowest BCUT2D eigenvalue weighted by Crippen LogP contribution is -2.18. The van der Waals surface area contributed by atoms with Crippen molar-refractivity contribution in [3.05, 3.63) is 65.2 Å². The maximum atomic E-state index is 11.1. The van der Waals surface area contributed by atoms with E-state index in [1.165, 1.54) is 0 Å². The van der Waals surface area contributed by atoms with E-state index in [-0.39, 0.29) is 0 Å². The summed E-state index contributed by atoms with van der Waals surface area (Å²) in [7, 11) is 1.66. The highest BCUT2D eigenvalue weighted by Crippen LogP contribution is 2.17. The third-order valence-electron chi connectivity index (χ3n) is 3.33. The van der Waals surface area contributed by atoms with Crippen LogP contribution in [0.3, 0.4) is 0 Å². The average molecular weight is 285 g/mol. The predicted molar refractivity (Wildman–Crippen MR) is 81.8 cm³/mol. The lowest BCUT2D eigenvalue weighted by molar-refractivity contribution is 0.0695. The zero-order chi connectivity index (χ0) is 15.1. The van der Waals surface area contributed by atoms with Gasteiger partial charge in [0.15, 0.2) is 0 Å². The molecule has 0 saturated heterocycles. The summed E-state index contributed by atoms with van der Waals surface area (Å²) < 4.78 is 5.31. The Morgan fingerprint density at radius 3 is 2.48 bits per heavy atom. The maximum Gasteiger partial charge on any atom is 0.336 e. The summed E-state index contributed by atoms with van der Waals surface area (Å²) in [6.07, 6.45) is 0.833. The standard InChI is InChI=1S/C17H19NO3/c1-21-16-9-5-3-6-13(16)10-11-18-12-14-7-2-4-8-15(14)17(19)20/h2-9,18H,10-12H2,1H3,(H,19,20). The van der Waals surface area contributed by atoms with E-state index in [1.807, 2.05) is 36.4 Å². The number of ether oxygens (including phenoxy) is 1. The number of hydrogen-bond acceptors (Lipinski definition) is 3. The Kier molecular flexibility index (Phi) is 5.35. The van der Waals surface area contributed by atoms with Crippen LogP contribution in [0.2, 0.25) is 0 Å². The molecule has 0 atom stereocenters. The van der Waals surface area contributed by atoms with Gasteiger partial charge in [-0.05, 0) is 36.2 Å². The third-order valence-corrected chi connectivity index (χ3v) is 3.33. The van der Waals surface area contributed by atoms with Gasteiger partial charge in [-0.2, -0.15) is 0 Å². The number of carboxylic acids is 1. The van der Waals surface area contributed by atoms with Crippen LogP contribution in [0.15, 0.2) is 48.5 Å². The number of rotatable bonds is 7. The Labute approximate surface area is 124 Å². The van der Waals surface area contributed by atoms with Crippen LogP contribution >= 0.6 is 0 Å². The number of carboxylic acid groups (broad SMARTS) is 1. The molecule has 0 aromatic heterocycles.